The molecule has 0 unspecified atom stereocenters. The Morgan fingerprint density at radius 3 is 1.66 bits per heavy atom. The summed E-state index contributed by atoms with van der Waals surface area (Å²) in [4.78, 5) is 26.3. The first kappa shape index (κ1) is 52.4. The lowest BCUT2D eigenvalue weighted by Gasteiger charge is -2.21. The summed E-state index contributed by atoms with van der Waals surface area (Å²) in [5.74, 6) is -3.28. The standard InChI is InChI=1S/C51H44N4O15S4/c1-26-18-28(3)48(54-71(60,61)35-12-8-7-9-13-35)30(5)46(26)52-34-16-17-37-41(23-34)70-42-25-40(44(74(67,68)69)24-39(42)45(37)38-14-10-11-15-43(38)73(64,65)66)53-47-27(2)19-29(4)49(31(47)6)55-72(62,63)36-21-32(50(56)57)20-33(22-36)51(58)59/h7-25,52,54-55H,1-6H3,(H,56,57)(H,58,59)(H,64,65,66)(H,67,68,69)/b53-40-. The van der Waals surface area contributed by atoms with Crippen LogP contribution in [0.3, 0.4) is 0 Å². The fourth-order valence-electron chi connectivity index (χ4n) is 8.76. The number of aryl methyl sites for hydroxylation is 4. The van der Waals surface area contributed by atoms with Crippen LogP contribution in [0.15, 0.2) is 144 Å². The molecular formula is C51H44N4O15S4. The van der Waals surface area contributed by atoms with E-state index < -0.39 is 83.4 Å². The van der Waals surface area contributed by atoms with Gasteiger partial charge in [-0.05, 0) is 130 Å². The van der Waals surface area contributed by atoms with Crippen LogP contribution in [-0.4, -0.2) is 64.9 Å². The number of hydrogen-bond acceptors (Lipinski definition) is 13. The van der Waals surface area contributed by atoms with Crippen LogP contribution in [-0.2, 0) is 40.3 Å². The van der Waals surface area contributed by atoms with E-state index in [1.54, 1.807) is 70.2 Å². The number of rotatable bonds is 14. The molecule has 19 nitrogen and oxygen atoms in total. The number of benzene rings is 7. The second-order valence-corrected chi connectivity index (χ2v) is 23.5. The lowest BCUT2D eigenvalue weighted by molar-refractivity contribution is 0.0696. The predicted octanol–water partition coefficient (Wildman–Crippen LogP) is 9.52. The Labute approximate surface area is 424 Å². The van der Waals surface area contributed by atoms with Gasteiger partial charge in [-0.1, -0.05) is 48.5 Å². The third-order valence-electron chi connectivity index (χ3n) is 12.2. The van der Waals surface area contributed by atoms with Crippen molar-refractivity contribution < 1.29 is 67.0 Å². The van der Waals surface area contributed by atoms with Crippen molar-refractivity contribution in [1.82, 2.24) is 0 Å². The van der Waals surface area contributed by atoms with Gasteiger partial charge in [0.1, 0.15) is 21.1 Å². The second-order valence-electron chi connectivity index (χ2n) is 17.3. The van der Waals surface area contributed by atoms with Crippen molar-refractivity contribution in [1.29, 1.82) is 0 Å². The zero-order valence-electron chi connectivity index (χ0n) is 39.8. The predicted molar refractivity (Wildman–Crippen MR) is 276 cm³/mol. The first-order valence-electron chi connectivity index (χ1n) is 21.9. The molecule has 0 fully saturated rings. The van der Waals surface area contributed by atoms with Crippen LogP contribution < -0.4 is 20.1 Å². The minimum absolute atomic E-state index is 0.00143. The molecule has 0 atom stereocenters. The number of sulfonamides is 2. The topological polar surface area (TPSA) is 313 Å². The average Bonchev–Trinajstić information content (AvgIpc) is 3.32. The number of carboxylic acids is 2. The van der Waals surface area contributed by atoms with E-state index in [1.165, 1.54) is 49.4 Å². The van der Waals surface area contributed by atoms with Gasteiger partial charge in [-0.15, -0.1) is 0 Å². The molecule has 2 aliphatic rings. The molecule has 0 amide bonds. The van der Waals surface area contributed by atoms with Crippen LogP contribution in [0.25, 0.3) is 33.4 Å². The number of nitrogens with one attached hydrogen (secondary N) is 3. The van der Waals surface area contributed by atoms with Crippen molar-refractivity contribution >= 4 is 91.6 Å². The van der Waals surface area contributed by atoms with Gasteiger partial charge in [0, 0.05) is 45.6 Å². The first-order valence-corrected chi connectivity index (χ1v) is 27.7. The summed E-state index contributed by atoms with van der Waals surface area (Å²) in [5, 5.41) is 22.3. The number of nitrogens with zero attached hydrogens (tertiary/aromatic N) is 1. The van der Waals surface area contributed by atoms with Crippen LogP contribution in [0.1, 0.15) is 54.1 Å². The van der Waals surface area contributed by atoms with E-state index in [-0.39, 0.29) is 55.3 Å². The molecule has 0 aromatic heterocycles. The van der Waals surface area contributed by atoms with Gasteiger partial charge in [0.2, 0.25) is 0 Å². The second kappa shape index (κ2) is 19.2. The first-order chi connectivity index (χ1) is 34.5. The Balaban J connectivity index is 1.34. The molecule has 1 heterocycles. The number of carbonyl (C=O) groups is 2. The number of fused-ring (bicyclic) bond motifs is 2. The fraction of sp³-hybridized carbons (Fsp3) is 0.118. The lowest BCUT2D eigenvalue weighted by atomic mass is 9.93. The zero-order chi connectivity index (χ0) is 54.0. The Kier molecular flexibility index (Phi) is 13.6. The van der Waals surface area contributed by atoms with Crippen molar-refractivity contribution in [3.05, 3.63) is 165 Å². The highest BCUT2D eigenvalue weighted by Crippen LogP contribution is 2.45. The van der Waals surface area contributed by atoms with Gasteiger partial charge < -0.3 is 19.9 Å². The number of aromatic carboxylic acids is 2. The molecule has 0 bridgehead atoms. The molecule has 23 heteroatoms. The summed E-state index contributed by atoms with van der Waals surface area (Å²) in [5.41, 5.74) is 2.71. The van der Waals surface area contributed by atoms with E-state index in [0.717, 1.165) is 35.9 Å². The number of carboxylic acid groups (broad SMARTS) is 2. The van der Waals surface area contributed by atoms with Crippen molar-refractivity contribution in [3.63, 3.8) is 0 Å². The maximum atomic E-state index is 13.8. The molecule has 74 heavy (non-hydrogen) atoms. The molecule has 6 aromatic rings. The highest BCUT2D eigenvalue weighted by atomic mass is 32.2. The lowest BCUT2D eigenvalue weighted by Crippen LogP contribution is -2.18. The van der Waals surface area contributed by atoms with Crippen molar-refractivity contribution in [3.8, 4) is 22.5 Å². The van der Waals surface area contributed by atoms with Crippen molar-refractivity contribution in [2.45, 2.75) is 61.1 Å². The van der Waals surface area contributed by atoms with Crippen LogP contribution in [0, 0.1) is 41.5 Å². The SMILES string of the molecule is Cc1cc(C)c(NS(=O)(=O)c2cc(C(=O)O)cc(C(=O)O)c2)c(C)c1/N=c1/cc2oc3cc(Nc4c(C)cc(C)c(NS(=O)(=O)c5ccccc5)c4C)ccc3c(-c3ccccc3S(=O)(=O)O)c-2cc1S(=O)(=O)O. The van der Waals surface area contributed by atoms with Crippen LogP contribution in [0.4, 0.5) is 28.4 Å². The quantitative estimate of drug-likeness (QED) is 0.0394. The van der Waals surface area contributed by atoms with Crippen LogP contribution in [0.5, 0.6) is 0 Å². The highest BCUT2D eigenvalue weighted by Gasteiger charge is 2.29. The summed E-state index contributed by atoms with van der Waals surface area (Å²) >= 11 is 0. The van der Waals surface area contributed by atoms with Gasteiger partial charge in [0.25, 0.3) is 40.3 Å². The molecule has 0 saturated carbocycles. The molecule has 6 aromatic carbocycles. The monoisotopic (exact) mass is 1080 g/mol. The molecule has 1 aliphatic heterocycles. The molecule has 8 rings (SSSR count). The van der Waals surface area contributed by atoms with Crippen molar-refractivity contribution in [2.75, 3.05) is 14.8 Å². The Hall–Kier alpha value is -7.93. The largest absolute Gasteiger partial charge is 0.478 e. The molecular weight excluding hydrogens is 1040 g/mol. The number of anilines is 4. The fourth-order valence-corrected chi connectivity index (χ4v) is 12.6. The van der Waals surface area contributed by atoms with E-state index in [1.807, 2.05) is 6.92 Å². The van der Waals surface area contributed by atoms with E-state index >= 15 is 0 Å². The summed E-state index contributed by atoms with van der Waals surface area (Å²) in [6.45, 7) is 9.92. The molecule has 382 valence electrons. The molecule has 0 spiro atoms. The summed E-state index contributed by atoms with van der Waals surface area (Å²) in [7, 11) is -18.9. The van der Waals surface area contributed by atoms with Gasteiger partial charge in [0.05, 0.1) is 43.3 Å². The Morgan fingerprint density at radius 2 is 1.07 bits per heavy atom. The third-order valence-corrected chi connectivity index (χ3v) is 16.6. The van der Waals surface area contributed by atoms with E-state index in [4.69, 9.17) is 4.42 Å². The van der Waals surface area contributed by atoms with Crippen molar-refractivity contribution in [2.24, 2.45) is 4.99 Å². The van der Waals surface area contributed by atoms with Gasteiger partial charge in [-0.25, -0.2) is 31.4 Å². The maximum Gasteiger partial charge on any atom is 0.335 e. The normalized spacial score (nSPS) is 12.5. The molecule has 0 saturated heterocycles. The average molecular weight is 1080 g/mol. The van der Waals surface area contributed by atoms with Gasteiger partial charge in [-0.3, -0.25) is 18.5 Å². The van der Waals surface area contributed by atoms with Crippen LogP contribution in [0.2, 0.25) is 0 Å². The molecule has 0 radical (unpaired) electrons. The Bertz CT molecular complexity index is 4180. The van der Waals surface area contributed by atoms with Gasteiger partial charge >= 0.3 is 11.9 Å². The Morgan fingerprint density at radius 1 is 0.527 bits per heavy atom. The summed E-state index contributed by atoms with van der Waals surface area (Å²) in [6.07, 6.45) is 0. The van der Waals surface area contributed by atoms with E-state index in [0.29, 0.717) is 39.3 Å². The minimum Gasteiger partial charge on any atom is -0.478 e. The minimum atomic E-state index is -5.21. The van der Waals surface area contributed by atoms with E-state index in [9.17, 15) is 62.6 Å². The van der Waals surface area contributed by atoms with E-state index in [2.05, 4.69) is 19.8 Å². The zero-order valence-corrected chi connectivity index (χ0v) is 43.1. The molecule has 1 aliphatic carbocycles. The smallest absolute Gasteiger partial charge is 0.335 e. The number of hydrogen-bond donors (Lipinski definition) is 7. The van der Waals surface area contributed by atoms with Crippen LogP contribution >= 0.6 is 0 Å². The maximum absolute atomic E-state index is 13.8. The third kappa shape index (κ3) is 10.2. The summed E-state index contributed by atoms with van der Waals surface area (Å²) in [6, 6.07) is 25.8. The van der Waals surface area contributed by atoms with Gasteiger partial charge in [-0.2, -0.15) is 16.8 Å². The molecule has 7 N–H and O–H groups in total. The highest BCUT2D eigenvalue weighted by molar-refractivity contribution is 7.93. The van der Waals surface area contributed by atoms with Gasteiger partial charge in [0.15, 0.2) is 0 Å². The summed E-state index contributed by atoms with van der Waals surface area (Å²) < 4.78 is 140.